The van der Waals surface area contributed by atoms with E-state index in [1.165, 1.54) is 4.90 Å². The van der Waals surface area contributed by atoms with Gasteiger partial charge in [0.2, 0.25) is 11.8 Å². The zero-order chi connectivity index (χ0) is 12.1. The van der Waals surface area contributed by atoms with Crippen LogP contribution >= 0.6 is 0 Å². The van der Waals surface area contributed by atoms with Gasteiger partial charge in [-0.1, -0.05) is 0 Å². The molecule has 5 heteroatoms. The largest absolute Gasteiger partial charge is 0.352 e. The highest BCUT2D eigenvalue weighted by Crippen LogP contribution is 2.08. The molecular weight excluding hydrogens is 206 g/mol. The highest BCUT2D eigenvalue weighted by Gasteiger charge is 2.15. The van der Waals surface area contributed by atoms with E-state index in [2.05, 4.69) is 10.6 Å². The highest BCUT2D eigenvalue weighted by atomic mass is 16.2. The van der Waals surface area contributed by atoms with E-state index in [-0.39, 0.29) is 11.8 Å². The average molecular weight is 225 g/mol. The molecule has 5 nitrogen and oxygen atoms in total. The molecule has 1 saturated heterocycles. The Morgan fingerprint density at radius 3 is 2.44 bits per heavy atom. The molecule has 0 bridgehead atoms. The van der Waals surface area contributed by atoms with Crippen LogP contribution in [-0.2, 0) is 9.59 Å². The molecule has 0 aliphatic carbocycles. The lowest BCUT2D eigenvalue weighted by molar-refractivity contribution is -0.128. The number of nitrogens with one attached hydrogen (secondary N) is 2. The lowest BCUT2D eigenvalue weighted by Gasteiger charge is -2.21. The standard InChI is InChI=1S/C11H19N3O2/c1-8(9-6-12-7-9)11(16)13-5-4-10(15)14(2)3/h12H,4-7H2,1-3H3,(H,13,16). The van der Waals surface area contributed by atoms with E-state index in [0.717, 1.165) is 24.2 Å². The molecule has 0 radical (unpaired) electrons. The Hall–Kier alpha value is -1.36. The summed E-state index contributed by atoms with van der Waals surface area (Å²) in [5, 5.41) is 5.83. The van der Waals surface area contributed by atoms with Crippen molar-refractivity contribution < 1.29 is 9.59 Å². The fraction of sp³-hybridized carbons (Fsp3) is 0.636. The molecule has 1 heterocycles. The van der Waals surface area contributed by atoms with Crippen molar-refractivity contribution in [2.45, 2.75) is 13.3 Å². The molecule has 0 spiro atoms. The molecule has 0 atom stereocenters. The number of carbonyl (C=O) groups is 2. The summed E-state index contributed by atoms with van der Waals surface area (Å²) in [6, 6.07) is 0. The molecular formula is C11H19N3O2. The summed E-state index contributed by atoms with van der Waals surface area (Å²) in [5.74, 6) is -0.0426. The van der Waals surface area contributed by atoms with Crippen LogP contribution in [0.5, 0.6) is 0 Å². The van der Waals surface area contributed by atoms with Crippen molar-refractivity contribution in [2.24, 2.45) is 0 Å². The van der Waals surface area contributed by atoms with Crippen molar-refractivity contribution in [2.75, 3.05) is 33.7 Å². The van der Waals surface area contributed by atoms with Crippen molar-refractivity contribution in [3.05, 3.63) is 11.1 Å². The van der Waals surface area contributed by atoms with Crippen LogP contribution in [0.2, 0.25) is 0 Å². The second-order valence-electron chi connectivity index (χ2n) is 4.13. The van der Waals surface area contributed by atoms with Crippen molar-refractivity contribution >= 4 is 11.8 Å². The summed E-state index contributed by atoms with van der Waals surface area (Å²) in [6.45, 7) is 3.82. The Bertz CT molecular complexity index is 315. The Morgan fingerprint density at radius 1 is 1.38 bits per heavy atom. The quantitative estimate of drug-likeness (QED) is 0.634. The van der Waals surface area contributed by atoms with Gasteiger partial charge in [-0.3, -0.25) is 9.59 Å². The van der Waals surface area contributed by atoms with Crippen LogP contribution in [0.25, 0.3) is 0 Å². The lowest BCUT2D eigenvalue weighted by atomic mass is 10.0. The van der Waals surface area contributed by atoms with E-state index >= 15 is 0 Å². The molecule has 2 amide bonds. The smallest absolute Gasteiger partial charge is 0.246 e. The van der Waals surface area contributed by atoms with Crippen LogP contribution in [0.15, 0.2) is 11.1 Å². The van der Waals surface area contributed by atoms with Gasteiger partial charge in [-0.15, -0.1) is 0 Å². The van der Waals surface area contributed by atoms with Crippen LogP contribution in [0.4, 0.5) is 0 Å². The third-order valence-electron chi connectivity index (χ3n) is 2.67. The first-order valence-electron chi connectivity index (χ1n) is 5.40. The van der Waals surface area contributed by atoms with Crippen LogP contribution < -0.4 is 10.6 Å². The first-order valence-corrected chi connectivity index (χ1v) is 5.40. The second kappa shape index (κ2) is 5.65. The van der Waals surface area contributed by atoms with Gasteiger partial charge in [0.15, 0.2) is 0 Å². The van der Waals surface area contributed by atoms with E-state index in [0.29, 0.717) is 13.0 Å². The Labute approximate surface area is 95.9 Å². The van der Waals surface area contributed by atoms with Gasteiger partial charge in [-0.2, -0.15) is 0 Å². The minimum atomic E-state index is -0.0666. The third kappa shape index (κ3) is 3.34. The number of carbonyl (C=O) groups excluding carboxylic acids is 2. The monoisotopic (exact) mass is 225 g/mol. The minimum absolute atomic E-state index is 0.0240. The van der Waals surface area contributed by atoms with Crippen molar-refractivity contribution in [3.63, 3.8) is 0 Å². The van der Waals surface area contributed by atoms with Crippen molar-refractivity contribution in [1.29, 1.82) is 0 Å². The summed E-state index contributed by atoms with van der Waals surface area (Å²) >= 11 is 0. The molecule has 1 aliphatic rings. The summed E-state index contributed by atoms with van der Waals surface area (Å²) < 4.78 is 0. The van der Waals surface area contributed by atoms with Crippen LogP contribution in [-0.4, -0.2) is 50.4 Å². The van der Waals surface area contributed by atoms with Gasteiger partial charge in [-0.05, 0) is 12.5 Å². The Kier molecular flexibility index (Phi) is 4.49. The molecule has 1 aliphatic heterocycles. The minimum Gasteiger partial charge on any atom is -0.352 e. The zero-order valence-electron chi connectivity index (χ0n) is 10.1. The SMILES string of the molecule is CC(C(=O)NCCC(=O)N(C)C)=C1CNC1. The Morgan fingerprint density at radius 2 is 2.00 bits per heavy atom. The summed E-state index contributed by atoms with van der Waals surface area (Å²) in [4.78, 5) is 24.4. The summed E-state index contributed by atoms with van der Waals surface area (Å²) in [6.07, 6.45) is 0.347. The normalized spacial score (nSPS) is 14.1. The summed E-state index contributed by atoms with van der Waals surface area (Å²) in [7, 11) is 3.41. The van der Waals surface area contributed by atoms with Gasteiger partial charge in [0.1, 0.15) is 0 Å². The van der Waals surface area contributed by atoms with Crippen LogP contribution in [0.3, 0.4) is 0 Å². The predicted molar refractivity (Wildman–Crippen MR) is 61.9 cm³/mol. The average Bonchev–Trinajstić information content (AvgIpc) is 2.14. The highest BCUT2D eigenvalue weighted by molar-refractivity contribution is 5.94. The lowest BCUT2D eigenvalue weighted by Crippen LogP contribution is -2.38. The molecule has 0 unspecified atom stereocenters. The van der Waals surface area contributed by atoms with E-state index in [4.69, 9.17) is 0 Å². The van der Waals surface area contributed by atoms with Gasteiger partial charge < -0.3 is 15.5 Å². The van der Waals surface area contributed by atoms with Gasteiger partial charge in [0.05, 0.1) is 0 Å². The van der Waals surface area contributed by atoms with Crippen LogP contribution in [0.1, 0.15) is 13.3 Å². The van der Waals surface area contributed by atoms with Gasteiger partial charge in [-0.25, -0.2) is 0 Å². The Balaban J connectivity index is 2.28. The van der Waals surface area contributed by atoms with E-state index in [1.54, 1.807) is 14.1 Å². The molecule has 90 valence electrons. The summed E-state index contributed by atoms with van der Waals surface area (Å²) in [5.41, 5.74) is 1.92. The third-order valence-corrected chi connectivity index (χ3v) is 2.67. The number of rotatable bonds is 4. The number of hydrogen-bond acceptors (Lipinski definition) is 3. The zero-order valence-corrected chi connectivity index (χ0v) is 10.1. The van der Waals surface area contributed by atoms with Gasteiger partial charge >= 0.3 is 0 Å². The predicted octanol–water partition coefficient (Wildman–Crippen LogP) is -0.499. The number of amides is 2. The molecule has 2 N–H and O–H groups in total. The molecule has 0 aromatic rings. The van der Waals surface area contributed by atoms with Crippen LogP contribution in [0, 0.1) is 0 Å². The maximum atomic E-state index is 11.6. The topological polar surface area (TPSA) is 61.4 Å². The van der Waals surface area contributed by atoms with E-state index in [1.807, 2.05) is 6.92 Å². The maximum absolute atomic E-state index is 11.6. The fourth-order valence-corrected chi connectivity index (χ4v) is 1.31. The maximum Gasteiger partial charge on any atom is 0.246 e. The number of hydrogen-bond donors (Lipinski definition) is 2. The molecule has 0 saturated carbocycles. The first-order chi connectivity index (χ1) is 7.52. The van der Waals surface area contributed by atoms with Crippen molar-refractivity contribution in [1.82, 2.24) is 15.5 Å². The van der Waals surface area contributed by atoms with E-state index in [9.17, 15) is 9.59 Å². The molecule has 1 fully saturated rings. The molecule has 1 rings (SSSR count). The van der Waals surface area contributed by atoms with Gasteiger partial charge in [0.25, 0.3) is 0 Å². The van der Waals surface area contributed by atoms with Gasteiger partial charge in [0, 0.05) is 45.7 Å². The second-order valence-corrected chi connectivity index (χ2v) is 4.13. The molecule has 0 aromatic carbocycles. The van der Waals surface area contributed by atoms with Crippen molar-refractivity contribution in [3.8, 4) is 0 Å². The molecule has 16 heavy (non-hydrogen) atoms. The number of nitrogens with zero attached hydrogens (tertiary/aromatic N) is 1. The first kappa shape index (κ1) is 12.7. The molecule has 0 aromatic heterocycles. The fourth-order valence-electron chi connectivity index (χ4n) is 1.31. The van der Waals surface area contributed by atoms with E-state index < -0.39 is 0 Å².